The molecule has 0 spiro atoms. The van der Waals surface area contributed by atoms with E-state index in [1.807, 2.05) is 0 Å². The Hall–Kier alpha value is -1.43. The third kappa shape index (κ3) is 3.53. The summed E-state index contributed by atoms with van der Waals surface area (Å²) in [6.07, 6.45) is 0. The van der Waals surface area contributed by atoms with E-state index < -0.39 is 15.8 Å². The molecule has 0 heterocycles. The molecule has 2 rings (SSSR count). The summed E-state index contributed by atoms with van der Waals surface area (Å²) in [5.74, 6) is -0.597. The molecule has 0 aliphatic carbocycles. The smallest absolute Gasteiger partial charge is 0.207 e. The number of rotatable bonds is 4. The molecular formula is C13H11ClFNO2S. The van der Waals surface area contributed by atoms with Crippen molar-refractivity contribution in [1.82, 2.24) is 4.72 Å². The van der Waals surface area contributed by atoms with Gasteiger partial charge in [0.1, 0.15) is 5.82 Å². The van der Waals surface area contributed by atoms with Crippen molar-refractivity contribution in [3.8, 4) is 0 Å². The lowest BCUT2D eigenvalue weighted by Gasteiger charge is -2.08. The molecule has 0 aliphatic rings. The molecule has 2 aromatic rings. The lowest BCUT2D eigenvalue weighted by Crippen LogP contribution is -2.23. The van der Waals surface area contributed by atoms with Crippen LogP contribution in [0.15, 0.2) is 53.4 Å². The Kier molecular flexibility index (Phi) is 4.19. The molecule has 0 bridgehead atoms. The zero-order chi connectivity index (χ0) is 13.9. The Morgan fingerprint density at radius 3 is 2.53 bits per heavy atom. The third-order valence-corrected chi connectivity index (χ3v) is 4.28. The second-order valence-electron chi connectivity index (χ2n) is 3.87. The van der Waals surface area contributed by atoms with Crippen LogP contribution >= 0.6 is 11.6 Å². The van der Waals surface area contributed by atoms with Gasteiger partial charge in [0, 0.05) is 11.6 Å². The van der Waals surface area contributed by atoms with E-state index in [-0.39, 0.29) is 11.4 Å². The minimum absolute atomic E-state index is 0.0541. The van der Waals surface area contributed by atoms with Gasteiger partial charge in [0.15, 0.2) is 0 Å². The second-order valence-corrected chi connectivity index (χ2v) is 6.05. The van der Waals surface area contributed by atoms with E-state index >= 15 is 0 Å². The maximum atomic E-state index is 13.0. The van der Waals surface area contributed by atoms with Crippen molar-refractivity contribution in [2.45, 2.75) is 11.4 Å². The first-order chi connectivity index (χ1) is 8.99. The highest BCUT2D eigenvalue weighted by molar-refractivity contribution is 7.89. The quantitative estimate of drug-likeness (QED) is 0.943. The molecule has 0 aliphatic heterocycles. The first-order valence-corrected chi connectivity index (χ1v) is 7.34. The van der Waals surface area contributed by atoms with Crippen LogP contribution < -0.4 is 4.72 Å². The maximum Gasteiger partial charge on any atom is 0.240 e. The third-order valence-electron chi connectivity index (χ3n) is 2.52. The van der Waals surface area contributed by atoms with Gasteiger partial charge in [-0.15, -0.1) is 0 Å². The molecule has 100 valence electrons. The Morgan fingerprint density at radius 1 is 1.11 bits per heavy atom. The molecule has 0 aromatic heterocycles. The molecule has 0 amide bonds. The van der Waals surface area contributed by atoms with E-state index in [0.717, 1.165) is 6.07 Å². The minimum Gasteiger partial charge on any atom is -0.207 e. The van der Waals surface area contributed by atoms with Gasteiger partial charge < -0.3 is 0 Å². The Balaban J connectivity index is 2.17. The van der Waals surface area contributed by atoms with Gasteiger partial charge in [0.25, 0.3) is 0 Å². The summed E-state index contributed by atoms with van der Waals surface area (Å²) < 4.78 is 39.3. The van der Waals surface area contributed by atoms with Crippen LogP contribution in [0.5, 0.6) is 0 Å². The molecule has 0 radical (unpaired) electrons. The highest BCUT2D eigenvalue weighted by Gasteiger charge is 2.14. The SMILES string of the molecule is O=S(=O)(NCc1ccccc1Cl)c1cccc(F)c1. The van der Waals surface area contributed by atoms with Gasteiger partial charge in [-0.25, -0.2) is 17.5 Å². The largest absolute Gasteiger partial charge is 0.240 e. The van der Waals surface area contributed by atoms with Gasteiger partial charge in [-0.3, -0.25) is 0 Å². The fourth-order valence-corrected chi connectivity index (χ4v) is 2.77. The van der Waals surface area contributed by atoms with Crippen molar-refractivity contribution in [2.24, 2.45) is 0 Å². The molecule has 6 heteroatoms. The maximum absolute atomic E-state index is 13.0. The summed E-state index contributed by atoms with van der Waals surface area (Å²) in [7, 11) is -3.75. The van der Waals surface area contributed by atoms with E-state index in [1.54, 1.807) is 24.3 Å². The van der Waals surface area contributed by atoms with E-state index in [9.17, 15) is 12.8 Å². The van der Waals surface area contributed by atoms with Gasteiger partial charge in [-0.2, -0.15) is 0 Å². The molecule has 0 unspecified atom stereocenters. The van der Waals surface area contributed by atoms with Gasteiger partial charge in [0.2, 0.25) is 10.0 Å². The number of hydrogen-bond acceptors (Lipinski definition) is 2. The standard InChI is InChI=1S/C13H11ClFNO2S/c14-13-7-2-1-4-10(13)9-16-19(17,18)12-6-3-5-11(15)8-12/h1-8,16H,9H2. The van der Waals surface area contributed by atoms with Gasteiger partial charge in [-0.1, -0.05) is 35.9 Å². The lowest BCUT2D eigenvalue weighted by molar-refractivity contribution is 0.577. The zero-order valence-corrected chi connectivity index (χ0v) is 11.4. The van der Waals surface area contributed by atoms with Gasteiger partial charge >= 0.3 is 0 Å². The first-order valence-electron chi connectivity index (χ1n) is 5.48. The van der Waals surface area contributed by atoms with Crippen molar-refractivity contribution in [2.75, 3.05) is 0 Å². The number of hydrogen-bond donors (Lipinski definition) is 1. The molecule has 2 aromatic carbocycles. The number of nitrogens with one attached hydrogen (secondary N) is 1. The van der Waals surface area contributed by atoms with Crippen LogP contribution in [0, 0.1) is 5.82 Å². The van der Waals surface area contributed by atoms with Crippen molar-refractivity contribution >= 4 is 21.6 Å². The molecule has 1 N–H and O–H groups in total. The van der Waals surface area contributed by atoms with Crippen molar-refractivity contribution in [3.63, 3.8) is 0 Å². The van der Waals surface area contributed by atoms with Gasteiger partial charge in [-0.05, 0) is 29.8 Å². The number of halogens is 2. The Labute approximate surface area is 116 Å². The fourth-order valence-electron chi connectivity index (χ4n) is 1.53. The molecule has 0 saturated carbocycles. The van der Waals surface area contributed by atoms with Crippen molar-refractivity contribution in [3.05, 3.63) is 64.9 Å². The normalized spacial score (nSPS) is 11.5. The lowest BCUT2D eigenvalue weighted by atomic mass is 10.2. The summed E-state index contributed by atoms with van der Waals surface area (Å²) in [6.45, 7) is 0.0541. The van der Waals surface area contributed by atoms with Crippen LogP contribution in [0.1, 0.15) is 5.56 Å². The molecular weight excluding hydrogens is 289 g/mol. The highest BCUT2D eigenvalue weighted by Crippen LogP contribution is 2.16. The van der Waals surface area contributed by atoms with Crippen molar-refractivity contribution in [1.29, 1.82) is 0 Å². The predicted molar refractivity (Wildman–Crippen MR) is 71.9 cm³/mol. The van der Waals surface area contributed by atoms with Crippen LogP contribution in [-0.4, -0.2) is 8.42 Å². The predicted octanol–water partition coefficient (Wildman–Crippen LogP) is 2.96. The molecule has 0 fully saturated rings. The molecule has 19 heavy (non-hydrogen) atoms. The summed E-state index contributed by atoms with van der Waals surface area (Å²) in [5.41, 5.74) is 0.657. The van der Waals surface area contributed by atoms with Crippen LogP contribution in [0.2, 0.25) is 5.02 Å². The monoisotopic (exact) mass is 299 g/mol. The molecule has 0 saturated heterocycles. The van der Waals surface area contributed by atoms with Crippen LogP contribution in [0.3, 0.4) is 0 Å². The summed E-state index contributed by atoms with van der Waals surface area (Å²) >= 11 is 5.93. The average Bonchev–Trinajstić information content (AvgIpc) is 2.38. The fraction of sp³-hybridized carbons (Fsp3) is 0.0769. The number of sulfonamides is 1. The Morgan fingerprint density at radius 2 is 1.84 bits per heavy atom. The number of benzene rings is 2. The van der Waals surface area contributed by atoms with Crippen LogP contribution in [0.25, 0.3) is 0 Å². The topological polar surface area (TPSA) is 46.2 Å². The van der Waals surface area contributed by atoms with E-state index in [4.69, 9.17) is 11.6 Å². The second kappa shape index (κ2) is 5.69. The molecule has 0 atom stereocenters. The van der Waals surface area contributed by atoms with E-state index in [0.29, 0.717) is 10.6 Å². The highest BCUT2D eigenvalue weighted by atomic mass is 35.5. The summed E-state index contributed by atoms with van der Waals surface area (Å²) in [5, 5.41) is 0.476. The van der Waals surface area contributed by atoms with Crippen LogP contribution in [0.4, 0.5) is 4.39 Å². The average molecular weight is 300 g/mol. The van der Waals surface area contributed by atoms with Crippen molar-refractivity contribution < 1.29 is 12.8 Å². The minimum atomic E-state index is -3.75. The summed E-state index contributed by atoms with van der Waals surface area (Å²) in [4.78, 5) is -0.112. The first kappa shape index (κ1) is 14.0. The van der Waals surface area contributed by atoms with E-state index in [2.05, 4.69) is 4.72 Å². The van der Waals surface area contributed by atoms with Gasteiger partial charge in [0.05, 0.1) is 4.90 Å². The van der Waals surface area contributed by atoms with E-state index in [1.165, 1.54) is 18.2 Å². The molecule has 3 nitrogen and oxygen atoms in total. The Bertz CT molecular complexity index is 689. The summed E-state index contributed by atoms with van der Waals surface area (Å²) in [6, 6.07) is 11.7. The van der Waals surface area contributed by atoms with Crippen LogP contribution in [-0.2, 0) is 16.6 Å². The zero-order valence-electron chi connectivity index (χ0n) is 9.81.